The molecule has 5 aliphatic carbocycles. The largest absolute Gasteiger partial charge is 0.467 e. The van der Waals surface area contributed by atoms with E-state index >= 15 is 0 Å². The molecule has 6 unspecified atom stereocenters. The second kappa shape index (κ2) is 9.30. The molecule has 6 fully saturated rings. The second-order valence-corrected chi connectivity index (χ2v) is 21.5. The second-order valence-electron chi connectivity index (χ2n) is 16.8. The number of fused-ring (bicyclic) bond motifs is 4. The average Bonchev–Trinajstić information content (AvgIpc) is 3.56. The van der Waals surface area contributed by atoms with Gasteiger partial charge in [0.2, 0.25) is 0 Å². The van der Waals surface area contributed by atoms with Crippen molar-refractivity contribution < 1.29 is 18.7 Å². The fourth-order valence-electron chi connectivity index (χ4n) is 13.2. The van der Waals surface area contributed by atoms with E-state index < -0.39 is 14.4 Å². The molecule has 1 heterocycles. The predicted octanol–water partition coefficient (Wildman–Crippen LogP) is 8.64. The van der Waals surface area contributed by atoms with Gasteiger partial charge in [-0.25, -0.2) is 4.79 Å². The number of esters is 1. The molecule has 228 valence electrons. The first-order chi connectivity index (χ1) is 18.8. The van der Waals surface area contributed by atoms with Crippen LogP contribution in [0.5, 0.6) is 0 Å². The lowest BCUT2D eigenvalue weighted by Crippen LogP contribution is -2.60. The molecule has 1 saturated heterocycles. The number of methoxy groups -OCH3 is 1. The third-order valence-corrected chi connectivity index (χ3v) is 20.7. The molecule has 0 radical (unpaired) electrons. The summed E-state index contributed by atoms with van der Waals surface area (Å²) in [6, 6.07) is 3.47. The molecule has 5 heteroatoms. The number of hydrogen-bond acceptors (Lipinski definition) is 4. The van der Waals surface area contributed by atoms with Crippen molar-refractivity contribution in [3.8, 4) is 0 Å². The van der Waals surface area contributed by atoms with Crippen LogP contribution in [0, 0.1) is 56.7 Å². The van der Waals surface area contributed by atoms with Gasteiger partial charge in [-0.15, -0.1) is 0 Å². The minimum Gasteiger partial charge on any atom is -0.467 e. The Balaban J connectivity index is 1.46. The Labute approximate surface area is 246 Å². The molecule has 6 aliphatic rings. The number of carbonyl (C=O) groups is 1. The molecule has 4 nitrogen and oxygen atoms in total. The highest BCUT2D eigenvalue weighted by Crippen LogP contribution is 2.89. The summed E-state index contributed by atoms with van der Waals surface area (Å²) >= 11 is 0. The van der Waals surface area contributed by atoms with Gasteiger partial charge in [0.15, 0.2) is 14.4 Å². The van der Waals surface area contributed by atoms with Crippen molar-refractivity contribution in [3.05, 3.63) is 0 Å². The van der Waals surface area contributed by atoms with E-state index in [0.29, 0.717) is 34.0 Å². The fourth-order valence-corrected chi connectivity index (χ4v) is 16.1. The third kappa shape index (κ3) is 3.41. The number of hydrogen-bond donors (Lipinski definition) is 0. The van der Waals surface area contributed by atoms with Crippen LogP contribution in [0.2, 0.25) is 18.1 Å². The Hall–Kier alpha value is -0.393. The lowest BCUT2D eigenvalue weighted by molar-refractivity contribution is -0.180. The molecule has 6 rings (SSSR count). The SMILES string of the molecule is CC[Si](CC)(CC)O[C@H]1C2OC(C(=O)OC)CC(C)C2[C@@]2(C)CCC34C[C@@]35CCC(C)C(C)(C)[C@@H]5CC[C@H]4[C@]12C. The van der Waals surface area contributed by atoms with Crippen LogP contribution >= 0.6 is 0 Å². The normalized spacial score (nSPS) is 52.5. The number of rotatable bonds is 6. The maximum Gasteiger partial charge on any atom is 0.334 e. The average molecular weight is 573 g/mol. The van der Waals surface area contributed by atoms with E-state index in [-0.39, 0.29) is 29.0 Å². The van der Waals surface area contributed by atoms with Crippen molar-refractivity contribution in [2.24, 2.45) is 56.7 Å². The highest BCUT2D eigenvalue weighted by Gasteiger charge is 2.84. The number of carbonyl (C=O) groups excluding carboxylic acids is 1. The lowest BCUT2D eigenvalue weighted by atomic mass is 9.41. The summed E-state index contributed by atoms with van der Waals surface area (Å²) in [5.41, 5.74) is 1.70. The summed E-state index contributed by atoms with van der Waals surface area (Å²) < 4.78 is 19.9. The molecule has 1 aliphatic heterocycles. The van der Waals surface area contributed by atoms with E-state index in [0.717, 1.165) is 36.4 Å². The van der Waals surface area contributed by atoms with Crippen molar-refractivity contribution in [2.75, 3.05) is 7.11 Å². The summed E-state index contributed by atoms with van der Waals surface area (Å²) in [5, 5.41) is 0. The fraction of sp³-hybridized carbons (Fsp3) is 0.971. The Morgan fingerprint density at radius 2 is 1.52 bits per heavy atom. The first-order valence-corrected chi connectivity index (χ1v) is 19.7. The lowest BCUT2D eigenvalue weighted by Gasteiger charge is -2.64. The van der Waals surface area contributed by atoms with E-state index in [2.05, 4.69) is 62.3 Å². The van der Waals surface area contributed by atoms with E-state index in [1.165, 1.54) is 52.1 Å². The van der Waals surface area contributed by atoms with E-state index in [1.807, 2.05) is 0 Å². The van der Waals surface area contributed by atoms with Gasteiger partial charge in [0.05, 0.1) is 19.3 Å². The van der Waals surface area contributed by atoms with Crippen LogP contribution in [-0.4, -0.2) is 39.7 Å². The van der Waals surface area contributed by atoms with Gasteiger partial charge in [0, 0.05) is 5.41 Å². The van der Waals surface area contributed by atoms with E-state index in [4.69, 9.17) is 13.9 Å². The molecular formula is C35H60O4Si. The topological polar surface area (TPSA) is 44.8 Å². The molecule has 0 aromatic carbocycles. The van der Waals surface area contributed by atoms with E-state index in [1.54, 1.807) is 0 Å². The van der Waals surface area contributed by atoms with Crippen LogP contribution in [0.4, 0.5) is 0 Å². The molecule has 0 bridgehead atoms. The van der Waals surface area contributed by atoms with Crippen molar-refractivity contribution >= 4 is 14.3 Å². The first kappa shape index (κ1) is 29.7. The molecular weight excluding hydrogens is 512 g/mol. The third-order valence-electron chi connectivity index (χ3n) is 16.1. The highest BCUT2D eigenvalue weighted by atomic mass is 28.4. The van der Waals surface area contributed by atoms with Gasteiger partial charge in [0.1, 0.15) is 0 Å². The molecule has 12 atom stereocenters. The molecule has 40 heavy (non-hydrogen) atoms. The minimum atomic E-state index is -1.93. The van der Waals surface area contributed by atoms with Gasteiger partial charge in [-0.05, 0) is 121 Å². The van der Waals surface area contributed by atoms with Gasteiger partial charge in [-0.2, -0.15) is 0 Å². The van der Waals surface area contributed by atoms with Crippen LogP contribution in [0.3, 0.4) is 0 Å². The Morgan fingerprint density at radius 3 is 2.15 bits per heavy atom. The van der Waals surface area contributed by atoms with Crippen LogP contribution in [0.15, 0.2) is 0 Å². The van der Waals surface area contributed by atoms with Crippen LogP contribution in [0.1, 0.15) is 114 Å². The standard InChI is InChI=1S/C35H60O4Si/c1-11-40(12-2,13-3)39-29-28-27(22(4)20-24(38-28)30(36)37-10)32(8)18-19-35-21-34(35)17-16-23(5)31(6,7)25(34)14-15-26(35)33(29,32)9/h22-29H,11-21H2,1-10H3/t22?,23?,24?,25-,26-,27?,28?,29-,32+,33+,34+,35?/m0/s1. The smallest absolute Gasteiger partial charge is 0.334 e. The molecule has 5 saturated carbocycles. The molecule has 0 aromatic rings. The van der Waals surface area contributed by atoms with E-state index in [9.17, 15) is 4.79 Å². The minimum absolute atomic E-state index is 0.00947. The zero-order valence-electron chi connectivity index (χ0n) is 27.5. The molecule has 0 aromatic heterocycles. The maximum atomic E-state index is 12.9. The van der Waals surface area contributed by atoms with Crippen molar-refractivity contribution in [1.29, 1.82) is 0 Å². The van der Waals surface area contributed by atoms with Gasteiger partial charge < -0.3 is 13.9 Å². The molecule has 0 N–H and O–H groups in total. The van der Waals surface area contributed by atoms with Crippen LogP contribution in [-0.2, 0) is 18.7 Å². The van der Waals surface area contributed by atoms with Crippen LogP contribution < -0.4 is 0 Å². The highest BCUT2D eigenvalue weighted by molar-refractivity contribution is 6.73. The summed E-state index contributed by atoms with van der Waals surface area (Å²) in [5.74, 6) is 3.05. The van der Waals surface area contributed by atoms with Crippen molar-refractivity contribution in [1.82, 2.24) is 0 Å². The Morgan fingerprint density at radius 1 is 0.900 bits per heavy atom. The Bertz CT molecular complexity index is 1010. The van der Waals surface area contributed by atoms with Gasteiger partial charge in [-0.3, -0.25) is 0 Å². The van der Waals surface area contributed by atoms with Crippen molar-refractivity contribution in [2.45, 2.75) is 150 Å². The summed E-state index contributed by atoms with van der Waals surface area (Å²) in [4.78, 5) is 12.9. The maximum absolute atomic E-state index is 12.9. The zero-order valence-corrected chi connectivity index (χ0v) is 28.5. The molecule has 2 spiro atoms. The summed E-state index contributed by atoms with van der Waals surface area (Å²) in [7, 11) is -0.415. The Kier molecular flexibility index (Phi) is 6.90. The van der Waals surface area contributed by atoms with Gasteiger partial charge in [-0.1, -0.05) is 62.3 Å². The quantitative estimate of drug-likeness (QED) is 0.236. The van der Waals surface area contributed by atoms with Crippen LogP contribution in [0.25, 0.3) is 0 Å². The van der Waals surface area contributed by atoms with Crippen molar-refractivity contribution in [3.63, 3.8) is 0 Å². The first-order valence-electron chi connectivity index (χ1n) is 17.2. The monoisotopic (exact) mass is 572 g/mol. The molecule has 0 amide bonds. The van der Waals surface area contributed by atoms with Gasteiger partial charge >= 0.3 is 5.97 Å². The zero-order chi connectivity index (χ0) is 29.1. The number of ether oxygens (including phenoxy) is 2. The predicted molar refractivity (Wildman–Crippen MR) is 163 cm³/mol. The van der Waals surface area contributed by atoms with Gasteiger partial charge in [0.25, 0.3) is 0 Å². The summed E-state index contributed by atoms with van der Waals surface area (Å²) in [6.07, 6.45) is 10.1. The summed E-state index contributed by atoms with van der Waals surface area (Å²) in [6.45, 7) is 22.5.